The molecule has 0 atom stereocenters. The van der Waals surface area contributed by atoms with Crippen LogP contribution in [0.5, 0.6) is 0 Å². The Bertz CT molecular complexity index is 607. The molecular weight excluding hydrogens is 239 g/mol. The van der Waals surface area contributed by atoms with E-state index in [-0.39, 0.29) is 5.82 Å². The summed E-state index contributed by atoms with van der Waals surface area (Å²) in [5, 5.41) is 4.57. The Morgan fingerprint density at radius 3 is 2.95 bits per heavy atom. The van der Waals surface area contributed by atoms with Crippen LogP contribution >= 0.6 is 0 Å². The van der Waals surface area contributed by atoms with E-state index in [4.69, 9.17) is 0 Å². The van der Waals surface area contributed by atoms with Crippen molar-refractivity contribution in [3.63, 3.8) is 0 Å². The zero-order valence-corrected chi connectivity index (χ0v) is 11.3. The summed E-state index contributed by atoms with van der Waals surface area (Å²) in [5.74, 6) is -0.211. The summed E-state index contributed by atoms with van der Waals surface area (Å²) in [6, 6.07) is 4.92. The van der Waals surface area contributed by atoms with Crippen LogP contribution in [0, 0.1) is 5.82 Å². The summed E-state index contributed by atoms with van der Waals surface area (Å²) in [6.07, 6.45) is 5.60. The molecule has 1 heterocycles. The molecule has 0 bridgehead atoms. The van der Waals surface area contributed by atoms with Crippen LogP contribution in [0.25, 0.3) is 10.9 Å². The maximum absolute atomic E-state index is 13.4. The molecule has 0 saturated carbocycles. The van der Waals surface area contributed by atoms with Gasteiger partial charge in [-0.15, -0.1) is 0 Å². The third kappa shape index (κ3) is 2.29. The van der Waals surface area contributed by atoms with Gasteiger partial charge in [0, 0.05) is 29.4 Å². The Hall–Kier alpha value is -1.64. The van der Waals surface area contributed by atoms with E-state index in [1.54, 1.807) is 6.07 Å². The molecule has 2 aromatic rings. The van der Waals surface area contributed by atoms with Crippen LogP contribution in [-0.4, -0.2) is 11.5 Å². The van der Waals surface area contributed by atoms with Crippen molar-refractivity contribution < 1.29 is 4.39 Å². The first kappa shape index (κ1) is 12.4. The van der Waals surface area contributed by atoms with E-state index in [0.29, 0.717) is 0 Å². The molecule has 0 fully saturated rings. The molecule has 0 saturated heterocycles. The number of hydrogen-bond acceptors (Lipinski definition) is 2. The molecule has 19 heavy (non-hydrogen) atoms. The molecule has 0 unspecified atom stereocenters. The lowest BCUT2D eigenvalue weighted by Gasteiger charge is -2.21. The highest BCUT2D eigenvalue weighted by Gasteiger charge is 2.18. The maximum Gasteiger partial charge on any atom is 0.125 e. The van der Waals surface area contributed by atoms with Gasteiger partial charge in [-0.05, 0) is 49.8 Å². The zero-order chi connectivity index (χ0) is 13.2. The SMILES string of the molecule is CCCNc1c2c(nc3cc(F)ccc13)CCCC2. The smallest absolute Gasteiger partial charge is 0.125 e. The number of nitrogens with zero attached hydrogens (tertiary/aromatic N) is 1. The molecule has 1 N–H and O–H groups in total. The van der Waals surface area contributed by atoms with Crippen LogP contribution in [-0.2, 0) is 12.8 Å². The molecule has 3 heteroatoms. The second kappa shape index (κ2) is 5.16. The van der Waals surface area contributed by atoms with Crippen molar-refractivity contribution in [2.45, 2.75) is 39.0 Å². The molecule has 0 aliphatic heterocycles. The molecule has 3 rings (SSSR count). The van der Waals surface area contributed by atoms with Gasteiger partial charge in [-0.25, -0.2) is 4.39 Å². The van der Waals surface area contributed by atoms with Gasteiger partial charge in [-0.1, -0.05) is 6.92 Å². The minimum Gasteiger partial charge on any atom is -0.384 e. The first-order valence-corrected chi connectivity index (χ1v) is 7.14. The third-order valence-electron chi connectivity index (χ3n) is 3.78. The van der Waals surface area contributed by atoms with Gasteiger partial charge in [0.05, 0.1) is 5.52 Å². The van der Waals surface area contributed by atoms with E-state index in [1.165, 1.54) is 30.2 Å². The topological polar surface area (TPSA) is 24.9 Å². The highest BCUT2D eigenvalue weighted by molar-refractivity contribution is 5.93. The van der Waals surface area contributed by atoms with Gasteiger partial charge in [-0.2, -0.15) is 0 Å². The summed E-state index contributed by atoms with van der Waals surface area (Å²) >= 11 is 0. The average Bonchev–Trinajstić information content (AvgIpc) is 2.43. The monoisotopic (exact) mass is 258 g/mol. The number of halogens is 1. The van der Waals surface area contributed by atoms with E-state index in [2.05, 4.69) is 17.2 Å². The molecule has 100 valence electrons. The van der Waals surface area contributed by atoms with Crippen LogP contribution in [0.3, 0.4) is 0 Å². The van der Waals surface area contributed by atoms with E-state index in [9.17, 15) is 4.39 Å². The van der Waals surface area contributed by atoms with Crippen LogP contribution in [0.1, 0.15) is 37.4 Å². The number of anilines is 1. The largest absolute Gasteiger partial charge is 0.384 e. The van der Waals surface area contributed by atoms with Crippen LogP contribution in [0.2, 0.25) is 0 Å². The fraction of sp³-hybridized carbons (Fsp3) is 0.438. The lowest BCUT2D eigenvalue weighted by atomic mass is 9.92. The number of aryl methyl sites for hydroxylation is 1. The lowest BCUT2D eigenvalue weighted by molar-refractivity contribution is 0.628. The van der Waals surface area contributed by atoms with Gasteiger partial charge in [-0.3, -0.25) is 4.98 Å². The fourth-order valence-electron chi connectivity index (χ4n) is 2.85. The van der Waals surface area contributed by atoms with Crippen molar-refractivity contribution in [3.05, 3.63) is 35.3 Å². The maximum atomic E-state index is 13.4. The minimum absolute atomic E-state index is 0.211. The van der Waals surface area contributed by atoms with Gasteiger partial charge in [0.25, 0.3) is 0 Å². The van der Waals surface area contributed by atoms with E-state index >= 15 is 0 Å². The highest BCUT2D eigenvalue weighted by atomic mass is 19.1. The Morgan fingerprint density at radius 1 is 1.26 bits per heavy atom. The Kier molecular flexibility index (Phi) is 3.36. The normalized spacial score (nSPS) is 14.4. The lowest BCUT2D eigenvalue weighted by Crippen LogP contribution is -2.12. The molecule has 2 nitrogen and oxygen atoms in total. The van der Waals surface area contributed by atoms with Crippen molar-refractivity contribution in [2.75, 3.05) is 11.9 Å². The Morgan fingerprint density at radius 2 is 2.11 bits per heavy atom. The standard InChI is InChI=1S/C16H19FN2/c1-2-9-18-16-12-5-3-4-6-14(12)19-15-10-11(17)7-8-13(15)16/h7-8,10H,2-6,9H2,1H3,(H,18,19). The number of rotatable bonds is 3. The van der Waals surface area contributed by atoms with E-state index in [1.807, 2.05) is 6.07 Å². The minimum atomic E-state index is -0.211. The van der Waals surface area contributed by atoms with Crippen molar-refractivity contribution in [1.29, 1.82) is 0 Å². The van der Waals surface area contributed by atoms with Crippen LogP contribution in [0.15, 0.2) is 18.2 Å². The van der Waals surface area contributed by atoms with Crippen LogP contribution in [0.4, 0.5) is 10.1 Å². The number of aromatic nitrogens is 1. The first-order valence-electron chi connectivity index (χ1n) is 7.14. The number of nitrogens with one attached hydrogen (secondary N) is 1. The number of pyridine rings is 1. The van der Waals surface area contributed by atoms with Gasteiger partial charge >= 0.3 is 0 Å². The Balaban J connectivity index is 2.20. The summed E-state index contributed by atoms with van der Waals surface area (Å²) in [4.78, 5) is 4.67. The molecule has 0 amide bonds. The zero-order valence-electron chi connectivity index (χ0n) is 11.3. The molecule has 0 radical (unpaired) electrons. The Labute approximate surface area is 113 Å². The summed E-state index contributed by atoms with van der Waals surface area (Å²) < 4.78 is 13.4. The van der Waals surface area contributed by atoms with E-state index < -0.39 is 0 Å². The molecule has 1 aromatic carbocycles. The number of fused-ring (bicyclic) bond motifs is 2. The predicted octanol–water partition coefficient (Wildman–Crippen LogP) is 4.07. The van der Waals surface area contributed by atoms with Crippen molar-refractivity contribution in [3.8, 4) is 0 Å². The van der Waals surface area contributed by atoms with Gasteiger partial charge in [0.2, 0.25) is 0 Å². The van der Waals surface area contributed by atoms with Crippen molar-refractivity contribution in [1.82, 2.24) is 4.98 Å². The highest BCUT2D eigenvalue weighted by Crippen LogP contribution is 2.33. The molecule has 1 aliphatic rings. The molecular formula is C16H19FN2. The summed E-state index contributed by atoms with van der Waals surface area (Å²) in [7, 11) is 0. The summed E-state index contributed by atoms with van der Waals surface area (Å²) in [6.45, 7) is 3.10. The van der Waals surface area contributed by atoms with Crippen LogP contribution < -0.4 is 5.32 Å². The second-order valence-electron chi connectivity index (χ2n) is 5.21. The quantitative estimate of drug-likeness (QED) is 0.897. The molecule has 0 spiro atoms. The molecule has 1 aromatic heterocycles. The number of hydrogen-bond donors (Lipinski definition) is 1. The molecule has 1 aliphatic carbocycles. The second-order valence-corrected chi connectivity index (χ2v) is 5.21. The average molecular weight is 258 g/mol. The van der Waals surface area contributed by atoms with Crippen molar-refractivity contribution in [2.24, 2.45) is 0 Å². The third-order valence-corrected chi connectivity index (χ3v) is 3.78. The predicted molar refractivity (Wildman–Crippen MR) is 77.1 cm³/mol. The van der Waals surface area contributed by atoms with Gasteiger partial charge in [0.1, 0.15) is 5.82 Å². The fourth-order valence-corrected chi connectivity index (χ4v) is 2.85. The summed E-state index contributed by atoms with van der Waals surface area (Å²) in [5.41, 5.74) is 4.46. The van der Waals surface area contributed by atoms with Gasteiger partial charge in [0.15, 0.2) is 0 Å². The van der Waals surface area contributed by atoms with E-state index in [0.717, 1.165) is 42.4 Å². The van der Waals surface area contributed by atoms with Crippen molar-refractivity contribution >= 4 is 16.6 Å². The number of benzene rings is 1. The first-order chi connectivity index (χ1) is 9.29. The van der Waals surface area contributed by atoms with Gasteiger partial charge < -0.3 is 5.32 Å².